The first-order chi connectivity index (χ1) is 5.56. The molecule has 1 atom stereocenters. The summed E-state index contributed by atoms with van der Waals surface area (Å²) in [7, 11) is 1.89. The molecule has 0 aliphatic carbocycles. The number of hydrogen-bond acceptors (Lipinski definition) is 3. The van der Waals surface area contributed by atoms with E-state index in [0.717, 1.165) is 6.54 Å². The van der Waals surface area contributed by atoms with Gasteiger partial charge in [0.15, 0.2) is 0 Å². The lowest BCUT2D eigenvalue weighted by Crippen LogP contribution is -2.29. The van der Waals surface area contributed by atoms with Crippen LogP contribution in [-0.2, 0) is 4.79 Å². The van der Waals surface area contributed by atoms with Crippen LogP contribution in [0.1, 0.15) is 19.8 Å². The molecule has 0 rings (SSSR count). The fourth-order valence-electron chi connectivity index (χ4n) is 0.870. The molecule has 0 bridgehead atoms. The molecule has 0 aliphatic rings. The van der Waals surface area contributed by atoms with E-state index in [1.165, 1.54) is 0 Å². The average molecular weight is 175 g/mol. The monoisotopic (exact) mass is 175 g/mol. The van der Waals surface area contributed by atoms with Gasteiger partial charge in [0.2, 0.25) is 0 Å². The quantitative estimate of drug-likeness (QED) is 0.604. The zero-order valence-electron chi connectivity index (χ0n) is 7.66. The van der Waals surface area contributed by atoms with Gasteiger partial charge in [-0.2, -0.15) is 0 Å². The summed E-state index contributed by atoms with van der Waals surface area (Å²) < 4.78 is 0. The maximum absolute atomic E-state index is 10.1. The maximum atomic E-state index is 10.1. The van der Waals surface area contributed by atoms with E-state index < -0.39 is 12.1 Å². The lowest BCUT2D eigenvalue weighted by Gasteiger charge is -2.17. The van der Waals surface area contributed by atoms with E-state index in [2.05, 4.69) is 0 Å². The molecule has 0 fully saturated rings. The highest BCUT2D eigenvalue weighted by Crippen LogP contribution is 1.98. The molecule has 2 N–H and O–H groups in total. The lowest BCUT2D eigenvalue weighted by atomic mass is 10.2. The van der Waals surface area contributed by atoms with Gasteiger partial charge in [-0.1, -0.05) is 6.92 Å². The minimum Gasteiger partial charge on any atom is -0.481 e. The SMILES string of the molecule is CCN(C)CC(O)CCC(=O)O. The lowest BCUT2D eigenvalue weighted by molar-refractivity contribution is -0.137. The summed E-state index contributed by atoms with van der Waals surface area (Å²) in [5.41, 5.74) is 0. The zero-order valence-corrected chi connectivity index (χ0v) is 7.66. The van der Waals surface area contributed by atoms with E-state index in [1.807, 2.05) is 18.9 Å². The van der Waals surface area contributed by atoms with Gasteiger partial charge in [-0.25, -0.2) is 0 Å². The number of likely N-dealkylation sites (N-methyl/N-ethyl adjacent to an activating group) is 1. The smallest absolute Gasteiger partial charge is 0.303 e. The summed E-state index contributed by atoms with van der Waals surface area (Å²) in [6.07, 6.45) is -0.149. The third-order valence-electron chi connectivity index (χ3n) is 1.75. The third kappa shape index (κ3) is 6.12. The Bertz CT molecular complexity index is 138. The number of rotatable bonds is 6. The van der Waals surface area contributed by atoms with Gasteiger partial charge in [0, 0.05) is 13.0 Å². The van der Waals surface area contributed by atoms with E-state index >= 15 is 0 Å². The predicted molar refractivity (Wildman–Crippen MR) is 46.0 cm³/mol. The van der Waals surface area contributed by atoms with Crippen molar-refractivity contribution in [2.75, 3.05) is 20.1 Å². The highest BCUT2D eigenvalue weighted by Gasteiger charge is 2.08. The number of aliphatic carboxylic acids is 1. The summed E-state index contributed by atoms with van der Waals surface area (Å²) >= 11 is 0. The van der Waals surface area contributed by atoms with Gasteiger partial charge in [0.05, 0.1) is 6.10 Å². The predicted octanol–water partition coefficient (Wildman–Crippen LogP) is 0.164. The summed E-state index contributed by atoms with van der Waals surface area (Å²) in [5, 5.41) is 17.6. The van der Waals surface area contributed by atoms with Crippen LogP contribution in [0.5, 0.6) is 0 Å². The number of carboxylic acid groups (broad SMARTS) is 1. The van der Waals surface area contributed by atoms with Crippen molar-refractivity contribution in [2.45, 2.75) is 25.9 Å². The largest absolute Gasteiger partial charge is 0.481 e. The van der Waals surface area contributed by atoms with E-state index in [9.17, 15) is 9.90 Å². The first kappa shape index (κ1) is 11.4. The number of carboxylic acids is 1. The number of carbonyl (C=O) groups is 1. The molecule has 12 heavy (non-hydrogen) atoms. The van der Waals surface area contributed by atoms with Crippen molar-refractivity contribution in [2.24, 2.45) is 0 Å². The van der Waals surface area contributed by atoms with Gasteiger partial charge in [0.25, 0.3) is 0 Å². The second-order valence-electron chi connectivity index (χ2n) is 2.94. The average Bonchev–Trinajstić information content (AvgIpc) is 2.00. The highest BCUT2D eigenvalue weighted by atomic mass is 16.4. The Balaban J connectivity index is 3.45. The molecular weight excluding hydrogens is 158 g/mol. The van der Waals surface area contributed by atoms with Gasteiger partial charge in [-0.05, 0) is 20.0 Å². The molecule has 0 amide bonds. The van der Waals surface area contributed by atoms with Crippen LogP contribution >= 0.6 is 0 Å². The molecule has 0 heterocycles. The molecular formula is C8H17NO3. The van der Waals surface area contributed by atoms with E-state index in [4.69, 9.17) is 5.11 Å². The van der Waals surface area contributed by atoms with Crippen LogP contribution in [0.4, 0.5) is 0 Å². The van der Waals surface area contributed by atoms with Crippen molar-refractivity contribution in [1.29, 1.82) is 0 Å². The highest BCUT2D eigenvalue weighted by molar-refractivity contribution is 5.66. The number of hydrogen-bond donors (Lipinski definition) is 2. The Labute approximate surface area is 72.8 Å². The van der Waals surface area contributed by atoms with Crippen LogP contribution in [0.25, 0.3) is 0 Å². The van der Waals surface area contributed by atoms with Gasteiger partial charge in [-0.3, -0.25) is 4.79 Å². The molecule has 4 nitrogen and oxygen atoms in total. The molecule has 0 spiro atoms. The maximum Gasteiger partial charge on any atom is 0.303 e. The summed E-state index contributed by atoms with van der Waals surface area (Å²) in [4.78, 5) is 12.1. The van der Waals surface area contributed by atoms with E-state index in [1.54, 1.807) is 0 Å². The van der Waals surface area contributed by atoms with Crippen LogP contribution in [0.3, 0.4) is 0 Å². The molecule has 0 saturated carbocycles. The van der Waals surface area contributed by atoms with Gasteiger partial charge in [0.1, 0.15) is 0 Å². The van der Waals surface area contributed by atoms with Crippen molar-refractivity contribution >= 4 is 5.97 Å². The molecule has 0 aromatic carbocycles. The van der Waals surface area contributed by atoms with Crippen LogP contribution in [0, 0.1) is 0 Å². The minimum absolute atomic E-state index is 0.0404. The van der Waals surface area contributed by atoms with E-state index in [-0.39, 0.29) is 6.42 Å². The van der Waals surface area contributed by atoms with Crippen LogP contribution in [0.2, 0.25) is 0 Å². The Hall–Kier alpha value is -0.610. The number of aliphatic hydroxyl groups excluding tert-OH is 1. The van der Waals surface area contributed by atoms with Gasteiger partial charge < -0.3 is 15.1 Å². The Kier molecular flexibility index (Phi) is 5.66. The molecule has 1 unspecified atom stereocenters. The second-order valence-corrected chi connectivity index (χ2v) is 2.94. The zero-order chi connectivity index (χ0) is 9.56. The minimum atomic E-state index is -0.854. The first-order valence-corrected chi connectivity index (χ1v) is 4.14. The van der Waals surface area contributed by atoms with Crippen LogP contribution < -0.4 is 0 Å². The number of aliphatic hydroxyl groups is 1. The third-order valence-corrected chi connectivity index (χ3v) is 1.75. The van der Waals surface area contributed by atoms with Crippen molar-refractivity contribution in [3.05, 3.63) is 0 Å². The van der Waals surface area contributed by atoms with E-state index in [0.29, 0.717) is 13.0 Å². The van der Waals surface area contributed by atoms with Gasteiger partial charge >= 0.3 is 5.97 Å². The first-order valence-electron chi connectivity index (χ1n) is 4.14. The molecule has 4 heteroatoms. The molecule has 0 radical (unpaired) electrons. The fraction of sp³-hybridized carbons (Fsp3) is 0.875. The molecule has 0 aliphatic heterocycles. The topological polar surface area (TPSA) is 60.8 Å². The second kappa shape index (κ2) is 5.97. The fourth-order valence-corrected chi connectivity index (χ4v) is 0.870. The summed E-state index contributed by atoms with van der Waals surface area (Å²) in [6.45, 7) is 3.40. The Morgan fingerprint density at radius 3 is 2.58 bits per heavy atom. The Morgan fingerprint density at radius 2 is 2.17 bits per heavy atom. The van der Waals surface area contributed by atoms with Gasteiger partial charge in [-0.15, -0.1) is 0 Å². The molecule has 72 valence electrons. The Morgan fingerprint density at radius 1 is 1.58 bits per heavy atom. The van der Waals surface area contributed by atoms with Crippen LogP contribution in [-0.4, -0.2) is 47.3 Å². The summed E-state index contributed by atoms with van der Waals surface area (Å²) in [6, 6.07) is 0. The molecule has 0 aromatic rings. The number of nitrogens with zero attached hydrogens (tertiary/aromatic N) is 1. The molecule has 0 saturated heterocycles. The standard InChI is InChI=1S/C8H17NO3/c1-3-9(2)6-7(10)4-5-8(11)12/h7,10H,3-6H2,1-2H3,(H,11,12). The van der Waals surface area contributed by atoms with Crippen molar-refractivity contribution < 1.29 is 15.0 Å². The van der Waals surface area contributed by atoms with Crippen LogP contribution in [0.15, 0.2) is 0 Å². The summed E-state index contributed by atoms with van der Waals surface area (Å²) in [5.74, 6) is -0.854. The van der Waals surface area contributed by atoms with Crippen molar-refractivity contribution in [1.82, 2.24) is 4.90 Å². The van der Waals surface area contributed by atoms with Crippen molar-refractivity contribution in [3.63, 3.8) is 0 Å². The normalized spacial score (nSPS) is 13.3. The molecule has 0 aromatic heterocycles. The van der Waals surface area contributed by atoms with Crippen molar-refractivity contribution in [3.8, 4) is 0 Å².